The van der Waals surface area contributed by atoms with Crippen molar-refractivity contribution in [3.8, 4) is 5.75 Å². The molecular formula is C25H36N4O2+2. The van der Waals surface area contributed by atoms with Crippen molar-refractivity contribution in [3.05, 3.63) is 59.7 Å². The van der Waals surface area contributed by atoms with Gasteiger partial charge in [0.1, 0.15) is 38.5 Å². The fourth-order valence-electron chi connectivity index (χ4n) is 4.72. The van der Waals surface area contributed by atoms with E-state index in [1.165, 1.54) is 21.7 Å². The van der Waals surface area contributed by atoms with Gasteiger partial charge >= 0.3 is 0 Å². The highest BCUT2D eigenvalue weighted by atomic mass is 16.5. The van der Waals surface area contributed by atoms with Gasteiger partial charge in [-0.2, -0.15) is 0 Å². The minimum atomic E-state index is 0.312. The summed E-state index contributed by atoms with van der Waals surface area (Å²) in [5.41, 5.74) is 4.03. The standard InChI is InChI=1S/C25H34N4O2/c1-21-5-3-4-6-22(21)19-26-11-13-27(14-12-26)20-25(30)29-17-15-28(16-18-29)23-7-9-24(31-2)10-8-23/h3-10H,11-20H2,1-2H3/p+2. The van der Waals surface area contributed by atoms with Gasteiger partial charge in [0.2, 0.25) is 0 Å². The van der Waals surface area contributed by atoms with Crippen LogP contribution in [0.3, 0.4) is 0 Å². The predicted octanol–water partition coefficient (Wildman–Crippen LogP) is -0.364. The molecule has 0 aromatic heterocycles. The fraction of sp³-hybridized carbons (Fsp3) is 0.480. The topological polar surface area (TPSA) is 41.7 Å². The number of hydrogen-bond acceptors (Lipinski definition) is 3. The molecule has 0 spiro atoms. The molecule has 166 valence electrons. The molecule has 6 nitrogen and oxygen atoms in total. The van der Waals surface area contributed by atoms with Crippen LogP contribution in [0.1, 0.15) is 11.1 Å². The highest BCUT2D eigenvalue weighted by Crippen LogP contribution is 2.20. The van der Waals surface area contributed by atoms with E-state index < -0.39 is 0 Å². The molecule has 2 heterocycles. The van der Waals surface area contributed by atoms with Gasteiger partial charge in [0.25, 0.3) is 5.91 Å². The van der Waals surface area contributed by atoms with E-state index in [9.17, 15) is 4.79 Å². The number of nitrogens with one attached hydrogen (secondary N) is 2. The van der Waals surface area contributed by atoms with E-state index in [0.717, 1.165) is 64.7 Å². The summed E-state index contributed by atoms with van der Waals surface area (Å²) < 4.78 is 5.24. The maximum Gasteiger partial charge on any atom is 0.277 e. The van der Waals surface area contributed by atoms with Crippen LogP contribution in [0.5, 0.6) is 5.75 Å². The number of anilines is 1. The maximum atomic E-state index is 12.9. The molecule has 6 heteroatoms. The third kappa shape index (κ3) is 5.57. The van der Waals surface area contributed by atoms with Crippen LogP contribution in [0, 0.1) is 6.92 Å². The first-order valence-corrected chi connectivity index (χ1v) is 11.5. The average molecular weight is 425 g/mol. The van der Waals surface area contributed by atoms with Crippen LogP contribution in [0.15, 0.2) is 48.5 Å². The average Bonchev–Trinajstić information content (AvgIpc) is 2.82. The Bertz CT molecular complexity index is 854. The Labute approximate surface area is 186 Å². The third-order valence-corrected chi connectivity index (χ3v) is 6.84. The van der Waals surface area contributed by atoms with Gasteiger partial charge in [-0.3, -0.25) is 4.79 Å². The molecule has 0 radical (unpaired) electrons. The minimum absolute atomic E-state index is 0.312. The number of aryl methyl sites for hydroxylation is 1. The molecule has 0 atom stereocenters. The lowest BCUT2D eigenvalue weighted by Crippen LogP contribution is -3.28. The fourth-order valence-corrected chi connectivity index (χ4v) is 4.72. The monoisotopic (exact) mass is 424 g/mol. The van der Waals surface area contributed by atoms with Crippen molar-refractivity contribution in [3.63, 3.8) is 0 Å². The zero-order valence-electron chi connectivity index (χ0n) is 18.9. The highest BCUT2D eigenvalue weighted by Gasteiger charge is 2.28. The second-order valence-corrected chi connectivity index (χ2v) is 8.85. The summed E-state index contributed by atoms with van der Waals surface area (Å²) in [6.45, 7) is 11.8. The molecule has 2 aromatic carbocycles. The third-order valence-electron chi connectivity index (χ3n) is 6.84. The van der Waals surface area contributed by atoms with Crippen molar-refractivity contribution in [2.24, 2.45) is 0 Å². The zero-order valence-corrected chi connectivity index (χ0v) is 18.9. The van der Waals surface area contributed by atoms with Gasteiger partial charge < -0.3 is 24.3 Å². The molecule has 1 amide bonds. The first-order valence-electron chi connectivity index (χ1n) is 11.5. The Morgan fingerprint density at radius 2 is 1.55 bits per heavy atom. The first-order chi connectivity index (χ1) is 15.1. The van der Waals surface area contributed by atoms with Gasteiger partial charge in [0.15, 0.2) is 6.54 Å². The van der Waals surface area contributed by atoms with Crippen molar-refractivity contribution < 1.29 is 19.3 Å². The number of hydrogen-bond donors (Lipinski definition) is 2. The van der Waals surface area contributed by atoms with E-state index in [1.54, 1.807) is 12.0 Å². The lowest BCUT2D eigenvalue weighted by atomic mass is 10.1. The number of quaternary nitrogens is 2. The zero-order chi connectivity index (χ0) is 21.6. The second kappa shape index (κ2) is 10.2. The number of carbonyl (C=O) groups is 1. The van der Waals surface area contributed by atoms with Crippen molar-refractivity contribution >= 4 is 11.6 Å². The summed E-state index contributed by atoms with van der Waals surface area (Å²) in [4.78, 5) is 20.4. The Kier molecular flexibility index (Phi) is 7.10. The normalized spacial score (nSPS) is 21.7. The van der Waals surface area contributed by atoms with Crippen LogP contribution in [0.25, 0.3) is 0 Å². The predicted molar refractivity (Wildman–Crippen MR) is 123 cm³/mol. The van der Waals surface area contributed by atoms with Gasteiger partial charge in [-0.1, -0.05) is 24.3 Å². The SMILES string of the molecule is COc1ccc(N2CCN(C(=O)C[NH+]3CC[NH+](Cc4ccccc4C)CC3)CC2)cc1. The van der Waals surface area contributed by atoms with E-state index in [1.807, 2.05) is 12.1 Å². The van der Waals surface area contributed by atoms with E-state index >= 15 is 0 Å². The smallest absolute Gasteiger partial charge is 0.277 e. The molecule has 2 saturated heterocycles. The van der Waals surface area contributed by atoms with Gasteiger partial charge in [-0.25, -0.2) is 0 Å². The lowest BCUT2D eigenvalue weighted by molar-refractivity contribution is -1.02. The molecular weight excluding hydrogens is 388 g/mol. The second-order valence-electron chi connectivity index (χ2n) is 8.85. The number of amides is 1. The van der Waals surface area contributed by atoms with Crippen molar-refractivity contribution in [1.82, 2.24) is 4.90 Å². The van der Waals surface area contributed by atoms with Gasteiger partial charge in [-0.05, 0) is 36.8 Å². The van der Waals surface area contributed by atoms with E-state index in [-0.39, 0.29) is 0 Å². The molecule has 0 unspecified atom stereocenters. The van der Waals surface area contributed by atoms with Crippen LogP contribution in [-0.4, -0.2) is 76.8 Å². The Morgan fingerprint density at radius 3 is 2.19 bits per heavy atom. The highest BCUT2D eigenvalue weighted by molar-refractivity contribution is 5.77. The summed E-state index contributed by atoms with van der Waals surface area (Å²) in [6.07, 6.45) is 0. The summed E-state index contributed by atoms with van der Waals surface area (Å²) >= 11 is 0. The molecule has 2 fully saturated rings. The molecule has 0 bridgehead atoms. The van der Waals surface area contributed by atoms with Crippen molar-refractivity contribution in [2.75, 3.05) is 70.9 Å². The number of carbonyl (C=O) groups excluding carboxylic acids is 1. The minimum Gasteiger partial charge on any atom is -0.497 e. The van der Waals surface area contributed by atoms with Crippen LogP contribution < -0.4 is 19.4 Å². The Morgan fingerprint density at radius 1 is 0.903 bits per heavy atom. The molecule has 2 aliphatic heterocycles. The molecule has 2 aromatic rings. The van der Waals surface area contributed by atoms with E-state index in [0.29, 0.717) is 12.5 Å². The lowest BCUT2D eigenvalue weighted by Gasteiger charge is -2.37. The number of benzene rings is 2. The molecule has 2 N–H and O–H groups in total. The van der Waals surface area contributed by atoms with Crippen LogP contribution in [0.4, 0.5) is 5.69 Å². The number of rotatable bonds is 6. The summed E-state index contributed by atoms with van der Waals surface area (Å²) in [5.74, 6) is 1.19. The van der Waals surface area contributed by atoms with E-state index in [2.05, 4.69) is 53.1 Å². The molecule has 0 aliphatic carbocycles. The summed E-state index contributed by atoms with van der Waals surface area (Å²) in [6, 6.07) is 16.9. The molecule has 2 aliphatic rings. The number of nitrogens with zero attached hydrogens (tertiary/aromatic N) is 2. The van der Waals surface area contributed by atoms with E-state index in [4.69, 9.17) is 4.74 Å². The summed E-state index contributed by atoms with van der Waals surface area (Å²) in [7, 11) is 1.69. The van der Waals surface area contributed by atoms with Crippen molar-refractivity contribution in [1.29, 1.82) is 0 Å². The van der Waals surface area contributed by atoms with Crippen LogP contribution >= 0.6 is 0 Å². The number of piperazine rings is 2. The number of methoxy groups -OCH3 is 1. The maximum absolute atomic E-state index is 12.9. The summed E-state index contributed by atoms with van der Waals surface area (Å²) in [5, 5.41) is 0. The van der Waals surface area contributed by atoms with Crippen LogP contribution in [0.2, 0.25) is 0 Å². The van der Waals surface area contributed by atoms with Gasteiger partial charge in [0.05, 0.1) is 7.11 Å². The Balaban J connectivity index is 1.19. The van der Waals surface area contributed by atoms with Crippen molar-refractivity contribution in [2.45, 2.75) is 13.5 Å². The molecule has 4 rings (SSSR count). The van der Waals surface area contributed by atoms with Crippen LogP contribution in [-0.2, 0) is 11.3 Å². The number of ether oxygens (including phenoxy) is 1. The largest absolute Gasteiger partial charge is 0.497 e. The first kappa shape index (κ1) is 21.7. The quantitative estimate of drug-likeness (QED) is 0.665. The van der Waals surface area contributed by atoms with Gasteiger partial charge in [-0.15, -0.1) is 0 Å². The molecule has 31 heavy (non-hydrogen) atoms. The van der Waals surface area contributed by atoms with Gasteiger partial charge in [0, 0.05) is 37.4 Å². The Hall–Kier alpha value is -2.57. The molecule has 0 saturated carbocycles.